The molecule has 0 aliphatic heterocycles. The first-order valence-corrected chi connectivity index (χ1v) is 5.44. The normalized spacial score (nSPS) is 23.6. The first-order valence-electron chi connectivity index (χ1n) is 5.44. The summed E-state index contributed by atoms with van der Waals surface area (Å²) in [5.41, 5.74) is 1.75. The predicted octanol–water partition coefficient (Wildman–Crippen LogP) is 2.27. The topological polar surface area (TPSA) is 46.5 Å². The van der Waals surface area contributed by atoms with E-state index in [0.717, 1.165) is 17.7 Å². The molecule has 1 aliphatic carbocycles. The maximum atomic E-state index is 11.2. The molecule has 0 amide bonds. The van der Waals surface area contributed by atoms with Crippen LogP contribution in [0.1, 0.15) is 24.5 Å². The number of methoxy groups -OCH3 is 1. The van der Waals surface area contributed by atoms with Crippen LogP contribution in [0, 0.1) is 5.41 Å². The van der Waals surface area contributed by atoms with E-state index in [1.54, 1.807) is 7.11 Å². The van der Waals surface area contributed by atoms with Gasteiger partial charge in [0.1, 0.15) is 5.75 Å². The van der Waals surface area contributed by atoms with E-state index in [9.17, 15) is 9.90 Å². The van der Waals surface area contributed by atoms with Gasteiger partial charge in [0.2, 0.25) is 0 Å². The fraction of sp³-hybridized carbons (Fsp3) is 0.462. The highest BCUT2D eigenvalue weighted by atomic mass is 16.5. The minimum Gasteiger partial charge on any atom is -0.497 e. The van der Waals surface area contributed by atoms with Gasteiger partial charge in [0.15, 0.2) is 0 Å². The first-order chi connectivity index (χ1) is 7.55. The van der Waals surface area contributed by atoms with Gasteiger partial charge in [-0.3, -0.25) is 4.79 Å². The van der Waals surface area contributed by atoms with Gasteiger partial charge in [0.25, 0.3) is 0 Å². The Bertz CT molecular complexity index is 425. The Kier molecular flexibility index (Phi) is 2.62. The minimum atomic E-state index is -0.700. The Morgan fingerprint density at radius 3 is 2.81 bits per heavy atom. The molecule has 16 heavy (non-hydrogen) atoms. The zero-order chi connectivity index (χ0) is 11.8. The maximum absolute atomic E-state index is 11.2. The highest BCUT2D eigenvalue weighted by Gasteiger charge is 2.36. The van der Waals surface area contributed by atoms with Gasteiger partial charge in [-0.25, -0.2) is 0 Å². The van der Waals surface area contributed by atoms with Crippen molar-refractivity contribution in [3.05, 3.63) is 29.3 Å². The maximum Gasteiger partial charge on any atom is 0.309 e. The average molecular weight is 220 g/mol. The summed E-state index contributed by atoms with van der Waals surface area (Å²) in [6, 6.07) is 5.89. The predicted molar refractivity (Wildman–Crippen MR) is 60.8 cm³/mol. The molecule has 1 aromatic carbocycles. The van der Waals surface area contributed by atoms with Crippen molar-refractivity contribution in [1.29, 1.82) is 0 Å². The van der Waals surface area contributed by atoms with E-state index < -0.39 is 11.4 Å². The second kappa shape index (κ2) is 3.81. The molecule has 1 unspecified atom stereocenters. The fourth-order valence-corrected chi connectivity index (χ4v) is 2.24. The van der Waals surface area contributed by atoms with E-state index in [2.05, 4.69) is 0 Å². The quantitative estimate of drug-likeness (QED) is 0.831. The zero-order valence-electron chi connectivity index (χ0n) is 9.62. The van der Waals surface area contributed by atoms with Crippen LogP contribution in [0.3, 0.4) is 0 Å². The molecule has 86 valence electrons. The summed E-state index contributed by atoms with van der Waals surface area (Å²) in [4.78, 5) is 11.2. The number of carbonyl (C=O) groups is 1. The standard InChI is InChI=1S/C13H16O3/c1-13(12(14)15)6-5-9-7-11(16-2)4-3-10(9)8-13/h3-4,7H,5-6,8H2,1-2H3,(H,14,15). The second-order valence-electron chi connectivity index (χ2n) is 4.68. The largest absolute Gasteiger partial charge is 0.497 e. The number of hydrogen-bond acceptors (Lipinski definition) is 2. The van der Waals surface area contributed by atoms with Crippen molar-refractivity contribution >= 4 is 5.97 Å². The summed E-state index contributed by atoms with van der Waals surface area (Å²) in [6.45, 7) is 1.82. The highest BCUT2D eigenvalue weighted by molar-refractivity contribution is 5.75. The lowest BCUT2D eigenvalue weighted by Crippen LogP contribution is -2.33. The van der Waals surface area contributed by atoms with Gasteiger partial charge in [-0.05, 0) is 49.4 Å². The third-order valence-electron chi connectivity index (χ3n) is 3.46. The van der Waals surface area contributed by atoms with Crippen molar-refractivity contribution in [3.8, 4) is 5.75 Å². The summed E-state index contributed by atoms with van der Waals surface area (Å²) in [7, 11) is 1.64. The van der Waals surface area contributed by atoms with Crippen LogP contribution >= 0.6 is 0 Å². The van der Waals surface area contributed by atoms with Crippen LogP contribution in [0.15, 0.2) is 18.2 Å². The van der Waals surface area contributed by atoms with E-state index in [1.807, 2.05) is 25.1 Å². The molecule has 3 nitrogen and oxygen atoms in total. The molecule has 0 radical (unpaired) electrons. The lowest BCUT2D eigenvalue weighted by molar-refractivity contribution is -0.148. The smallest absolute Gasteiger partial charge is 0.309 e. The van der Waals surface area contributed by atoms with Crippen LogP contribution in [0.4, 0.5) is 0 Å². The number of ether oxygens (including phenoxy) is 1. The fourth-order valence-electron chi connectivity index (χ4n) is 2.24. The molecule has 1 atom stereocenters. The molecule has 0 fully saturated rings. The van der Waals surface area contributed by atoms with Crippen LogP contribution in [-0.4, -0.2) is 18.2 Å². The van der Waals surface area contributed by atoms with Crippen molar-refractivity contribution in [1.82, 2.24) is 0 Å². The van der Waals surface area contributed by atoms with Crippen molar-refractivity contribution in [3.63, 3.8) is 0 Å². The van der Waals surface area contributed by atoms with Crippen LogP contribution in [-0.2, 0) is 17.6 Å². The molecule has 0 aromatic heterocycles. The molecule has 1 aromatic rings. The third kappa shape index (κ3) is 1.77. The van der Waals surface area contributed by atoms with Gasteiger partial charge in [0, 0.05) is 0 Å². The van der Waals surface area contributed by atoms with Crippen molar-refractivity contribution in [2.45, 2.75) is 26.2 Å². The van der Waals surface area contributed by atoms with Gasteiger partial charge < -0.3 is 9.84 Å². The Morgan fingerprint density at radius 2 is 2.19 bits per heavy atom. The van der Waals surface area contributed by atoms with Gasteiger partial charge in [-0.2, -0.15) is 0 Å². The number of rotatable bonds is 2. The van der Waals surface area contributed by atoms with Gasteiger partial charge in [-0.1, -0.05) is 6.07 Å². The van der Waals surface area contributed by atoms with Crippen molar-refractivity contribution < 1.29 is 14.6 Å². The summed E-state index contributed by atoms with van der Waals surface area (Å²) in [6.07, 6.45) is 2.12. The Balaban J connectivity index is 2.32. The van der Waals surface area contributed by atoms with Crippen LogP contribution < -0.4 is 4.74 Å². The molecule has 0 heterocycles. The number of aryl methyl sites for hydroxylation is 1. The van der Waals surface area contributed by atoms with Gasteiger partial charge in [0.05, 0.1) is 12.5 Å². The number of carboxylic acids is 1. The first kappa shape index (κ1) is 11.0. The minimum absolute atomic E-state index is 0.610. The second-order valence-corrected chi connectivity index (χ2v) is 4.68. The molecular weight excluding hydrogens is 204 g/mol. The van der Waals surface area contributed by atoms with E-state index in [1.165, 1.54) is 5.56 Å². The molecule has 1 aliphatic rings. The SMILES string of the molecule is COc1ccc2c(c1)CCC(C)(C(=O)O)C2. The van der Waals surface area contributed by atoms with Crippen LogP contribution in [0.5, 0.6) is 5.75 Å². The zero-order valence-corrected chi connectivity index (χ0v) is 9.62. The molecule has 2 rings (SSSR count). The molecule has 0 spiro atoms. The summed E-state index contributed by atoms with van der Waals surface area (Å²) >= 11 is 0. The molecular formula is C13H16O3. The average Bonchev–Trinajstić information content (AvgIpc) is 2.28. The molecule has 0 bridgehead atoms. The lowest BCUT2D eigenvalue weighted by atomic mass is 9.73. The Labute approximate surface area is 95.0 Å². The Hall–Kier alpha value is -1.51. The van der Waals surface area contributed by atoms with E-state index >= 15 is 0 Å². The molecule has 1 N–H and O–H groups in total. The molecule has 0 saturated heterocycles. The summed E-state index contributed by atoms with van der Waals surface area (Å²) in [5.74, 6) is 0.145. The Morgan fingerprint density at radius 1 is 1.44 bits per heavy atom. The van der Waals surface area contributed by atoms with Gasteiger partial charge in [-0.15, -0.1) is 0 Å². The van der Waals surface area contributed by atoms with Crippen molar-refractivity contribution in [2.24, 2.45) is 5.41 Å². The van der Waals surface area contributed by atoms with Crippen LogP contribution in [0.2, 0.25) is 0 Å². The number of fused-ring (bicyclic) bond motifs is 1. The summed E-state index contributed by atoms with van der Waals surface area (Å²) < 4.78 is 5.16. The number of aliphatic carboxylic acids is 1. The number of hydrogen-bond donors (Lipinski definition) is 1. The van der Waals surface area contributed by atoms with Crippen molar-refractivity contribution in [2.75, 3.05) is 7.11 Å². The number of benzene rings is 1. The monoisotopic (exact) mass is 220 g/mol. The number of carboxylic acid groups (broad SMARTS) is 1. The summed E-state index contributed by atoms with van der Waals surface area (Å²) in [5, 5.41) is 9.20. The van der Waals surface area contributed by atoms with Gasteiger partial charge >= 0.3 is 5.97 Å². The third-order valence-corrected chi connectivity index (χ3v) is 3.46. The molecule has 0 saturated carbocycles. The highest BCUT2D eigenvalue weighted by Crippen LogP contribution is 2.36. The van der Waals surface area contributed by atoms with Crippen LogP contribution in [0.25, 0.3) is 0 Å². The van der Waals surface area contributed by atoms with E-state index in [0.29, 0.717) is 12.8 Å². The lowest BCUT2D eigenvalue weighted by Gasteiger charge is -2.31. The van der Waals surface area contributed by atoms with E-state index in [-0.39, 0.29) is 0 Å². The van der Waals surface area contributed by atoms with E-state index in [4.69, 9.17) is 4.74 Å². The molecule has 3 heteroatoms.